The average molecular weight is 249 g/mol. The highest BCUT2D eigenvalue weighted by atomic mass is 14.2. The molecule has 0 heterocycles. The minimum atomic E-state index is 0.711. The standard InChI is InChI=1S/C18H19N/c1-2-3-4-6-15-7-5-8-18(13-15)17-11-9-16(14-19)10-12-17/h5,7-13H,2-4,6H2,1H3. The Morgan fingerprint density at radius 3 is 2.42 bits per heavy atom. The van der Waals surface area contributed by atoms with Crippen molar-refractivity contribution in [3.8, 4) is 17.2 Å². The van der Waals surface area contributed by atoms with Crippen LogP contribution in [0.4, 0.5) is 0 Å². The third kappa shape index (κ3) is 3.69. The molecule has 0 unspecified atom stereocenters. The fourth-order valence-electron chi connectivity index (χ4n) is 2.22. The molecule has 0 saturated carbocycles. The van der Waals surface area contributed by atoms with Crippen molar-refractivity contribution in [2.45, 2.75) is 32.6 Å². The molecule has 19 heavy (non-hydrogen) atoms. The Morgan fingerprint density at radius 1 is 0.947 bits per heavy atom. The summed E-state index contributed by atoms with van der Waals surface area (Å²) in [5.74, 6) is 0. The lowest BCUT2D eigenvalue weighted by Crippen LogP contribution is -1.87. The number of hydrogen-bond donors (Lipinski definition) is 0. The Morgan fingerprint density at radius 2 is 1.74 bits per heavy atom. The van der Waals surface area contributed by atoms with Gasteiger partial charge in [-0.05, 0) is 41.7 Å². The first-order valence-corrected chi connectivity index (χ1v) is 6.93. The first-order chi connectivity index (χ1) is 9.33. The van der Waals surface area contributed by atoms with Gasteiger partial charge in [0.25, 0.3) is 0 Å². The van der Waals surface area contributed by atoms with Crippen molar-refractivity contribution in [2.75, 3.05) is 0 Å². The number of aryl methyl sites for hydroxylation is 1. The molecule has 0 spiro atoms. The zero-order valence-corrected chi connectivity index (χ0v) is 11.4. The van der Waals surface area contributed by atoms with E-state index in [4.69, 9.17) is 5.26 Å². The van der Waals surface area contributed by atoms with Crippen molar-refractivity contribution in [3.63, 3.8) is 0 Å². The molecule has 0 N–H and O–H groups in total. The first kappa shape index (κ1) is 13.4. The molecule has 0 fully saturated rings. The van der Waals surface area contributed by atoms with Gasteiger partial charge in [-0.15, -0.1) is 0 Å². The van der Waals surface area contributed by atoms with Crippen molar-refractivity contribution < 1.29 is 0 Å². The summed E-state index contributed by atoms with van der Waals surface area (Å²) in [5, 5.41) is 8.81. The summed E-state index contributed by atoms with van der Waals surface area (Å²) < 4.78 is 0. The summed E-state index contributed by atoms with van der Waals surface area (Å²) in [5.41, 5.74) is 4.52. The SMILES string of the molecule is CCCCCc1cccc(-c2ccc(C#N)cc2)c1. The zero-order valence-electron chi connectivity index (χ0n) is 11.4. The Labute approximate surface area is 115 Å². The normalized spacial score (nSPS) is 10.1. The molecule has 0 bridgehead atoms. The van der Waals surface area contributed by atoms with Gasteiger partial charge in [-0.1, -0.05) is 56.2 Å². The number of nitriles is 1. The highest BCUT2D eigenvalue weighted by molar-refractivity contribution is 5.64. The third-order valence-corrected chi connectivity index (χ3v) is 3.34. The fraction of sp³-hybridized carbons (Fsp3) is 0.278. The fourth-order valence-corrected chi connectivity index (χ4v) is 2.22. The summed E-state index contributed by atoms with van der Waals surface area (Å²) in [6, 6.07) is 18.6. The molecule has 0 saturated heterocycles. The Kier molecular flexibility index (Phi) is 4.75. The summed E-state index contributed by atoms with van der Waals surface area (Å²) in [4.78, 5) is 0. The summed E-state index contributed by atoms with van der Waals surface area (Å²) in [7, 11) is 0. The van der Waals surface area contributed by atoms with E-state index in [1.807, 2.05) is 24.3 Å². The van der Waals surface area contributed by atoms with E-state index < -0.39 is 0 Å². The molecule has 0 atom stereocenters. The molecule has 1 heteroatoms. The molecule has 1 nitrogen and oxygen atoms in total. The van der Waals surface area contributed by atoms with Gasteiger partial charge in [-0.3, -0.25) is 0 Å². The molecule has 2 rings (SSSR count). The van der Waals surface area contributed by atoms with E-state index in [0.29, 0.717) is 5.56 Å². The smallest absolute Gasteiger partial charge is 0.0991 e. The number of hydrogen-bond acceptors (Lipinski definition) is 1. The topological polar surface area (TPSA) is 23.8 Å². The lowest BCUT2D eigenvalue weighted by molar-refractivity contribution is 0.717. The molecule has 0 aliphatic heterocycles. The van der Waals surface area contributed by atoms with Gasteiger partial charge in [-0.2, -0.15) is 5.26 Å². The molecule has 96 valence electrons. The molecule has 0 aliphatic carbocycles. The largest absolute Gasteiger partial charge is 0.192 e. The van der Waals surface area contributed by atoms with Crippen LogP contribution in [0, 0.1) is 11.3 Å². The van der Waals surface area contributed by atoms with Gasteiger partial charge in [0.05, 0.1) is 11.6 Å². The number of nitrogens with zero attached hydrogens (tertiary/aromatic N) is 1. The van der Waals surface area contributed by atoms with Gasteiger partial charge in [-0.25, -0.2) is 0 Å². The second-order valence-electron chi connectivity index (χ2n) is 4.85. The van der Waals surface area contributed by atoms with Crippen molar-refractivity contribution in [3.05, 3.63) is 59.7 Å². The van der Waals surface area contributed by atoms with Gasteiger partial charge in [0.15, 0.2) is 0 Å². The number of benzene rings is 2. The van der Waals surface area contributed by atoms with Crippen LogP contribution in [0.5, 0.6) is 0 Å². The van der Waals surface area contributed by atoms with Gasteiger partial charge in [0.1, 0.15) is 0 Å². The van der Waals surface area contributed by atoms with Crippen molar-refractivity contribution in [1.29, 1.82) is 5.26 Å². The second-order valence-corrected chi connectivity index (χ2v) is 4.85. The van der Waals surface area contributed by atoms with Crippen LogP contribution in [0.15, 0.2) is 48.5 Å². The van der Waals surface area contributed by atoms with E-state index in [1.54, 1.807) is 0 Å². The van der Waals surface area contributed by atoms with Gasteiger partial charge in [0, 0.05) is 0 Å². The lowest BCUT2D eigenvalue weighted by Gasteiger charge is -2.05. The molecular formula is C18H19N. The summed E-state index contributed by atoms with van der Waals surface area (Å²) in [6.07, 6.45) is 4.96. The average Bonchev–Trinajstić information content (AvgIpc) is 2.48. The molecule has 2 aromatic rings. The molecular weight excluding hydrogens is 230 g/mol. The highest BCUT2D eigenvalue weighted by Gasteiger charge is 2.00. The predicted molar refractivity (Wildman–Crippen MR) is 79.8 cm³/mol. The van der Waals surface area contributed by atoms with E-state index in [2.05, 4.69) is 37.3 Å². The third-order valence-electron chi connectivity index (χ3n) is 3.34. The van der Waals surface area contributed by atoms with Crippen LogP contribution in [0.1, 0.15) is 37.3 Å². The van der Waals surface area contributed by atoms with Crippen LogP contribution in [0.2, 0.25) is 0 Å². The monoisotopic (exact) mass is 249 g/mol. The zero-order chi connectivity index (χ0) is 13.5. The maximum Gasteiger partial charge on any atom is 0.0991 e. The van der Waals surface area contributed by atoms with Crippen LogP contribution in [-0.4, -0.2) is 0 Å². The van der Waals surface area contributed by atoms with Gasteiger partial charge < -0.3 is 0 Å². The molecule has 2 aromatic carbocycles. The van der Waals surface area contributed by atoms with Crippen molar-refractivity contribution in [1.82, 2.24) is 0 Å². The van der Waals surface area contributed by atoms with Gasteiger partial charge in [0.2, 0.25) is 0 Å². The summed E-state index contributed by atoms with van der Waals surface area (Å²) >= 11 is 0. The maximum absolute atomic E-state index is 8.81. The predicted octanol–water partition coefficient (Wildman–Crippen LogP) is 4.96. The first-order valence-electron chi connectivity index (χ1n) is 6.93. The van der Waals surface area contributed by atoms with Crippen LogP contribution in [0.25, 0.3) is 11.1 Å². The highest BCUT2D eigenvalue weighted by Crippen LogP contribution is 2.21. The van der Waals surface area contributed by atoms with Crippen LogP contribution >= 0.6 is 0 Å². The van der Waals surface area contributed by atoms with E-state index in [-0.39, 0.29) is 0 Å². The van der Waals surface area contributed by atoms with E-state index >= 15 is 0 Å². The minimum absolute atomic E-state index is 0.711. The minimum Gasteiger partial charge on any atom is -0.192 e. The van der Waals surface area contributed by atoms with Crippen molar-refractivity contribution in [2.24, 2.45) is 0 Å². The summed E-state index contributed by atoms with van der Waals surface area (Å²) in [6.45, 7) is 2.23. The van der Waals surface area contributed by atoms with E-state index in [9.17, 15) is 0 Å². The Balaban J connectivity index is 2.15. The van der Waals surface area contributed by atoms with Crippen LogP contribution in [0.3, 0.4) is 0 Å². The Hall–Kier alpha value is -2.07. The second kappa shape index (κ2) is 6.75. The van der Waals surface area contributed by atoms with E-state index in [0.717, 1.165) is 6.42 Å². The number of rotatable bonds is 5. The Bertz CT molecular complexity index is 561. The van der Waals surface area contributed by atoms with Crippen LogP contribution < -0.4 is 0 Å². The maximum atomic E-state index is 8.81. The quantitative estimate of drug-likeness (QED) is 0.687. The number of unbranched alkanes of at least 4 members (excludes halogenated alkanes) is 2. The van der Waals surface area contributed by atoms with E-state index in [1.165, 1.54) is 36.0 Å². The molecule has 0 radical (unpaired) electrons. The lowest BCUT2D eigenvalue weighted by atomic mass is 9.99. The molecule has 0 aliphatic rings. The van der Waals surface area contributed by atoms with Gasteiger partial charge >= 0.3 is 0 Å². The molecule has 0 amide bonds. The van der Waals surface area contributed by atoms with Crippen LogP contribution in [-0.2, 0) is 6.42 Å². The van der Waals surface area contributed by atoms with Crippen molar-refractivity contribution >= 4 is 0 Å². The molecule has 0 aromatic heterocycles.